The van der Waals surface area contributed by atoms with Crippen LogP contribution in [0.25, 0.3) is 0 Å². The Bertz CT molecular complexity index is 1430. The number of ether oxygens (including phenoxy) is 1. The van der Waals surface area contributed by atoms with Gasteiger partial charge in [-0.3, -0.25) is 4.79 Å². The minimum Gasteiger partial charge on any atom is -0.464 e. The molecule has 1 aromatic carbocycles. The molecule has 0 radical (unpaired) electrons. The molecule has 3 heterocycles. The number of nitriles is 1. The van der Waals surface area contributed by atoms with Crippen LogP contribution in [0.15, 0.2) is 53.1 Å². The van der Waals surface area contributed by atoms with Gasteiger partial charge in [0.05, 0.1) is 17.5 Å². The number of pyridine rings is 1. The van der Waals surface area contributed by atoms with Crippen LogP contribution >= 0.6 is 0 Å². The van der Waals surface area contributed by atoms with E-state index in [1.165, 1.54) is 18.3 Å². The Kier molecular flexibility index (Phi) is 8.08. The third-order valence-corrected chi connectivity index (χ3v) is 8.86. The molecule has 2 atom stereocenters. The molecule has 1 aromatic heterocycles. The lowest BCUT2D eigenvalue weighted by molar-refractivity contribution is -0.160. The maximum absolute atomic E-state index is 14.1. The van der Waals surface area contributed by atoms with Gasteiger partial charge in [-0.15, -0.1) is 0 Å². The van der Waals surface area contributed by atoms with E-state index in [2.05, 4.69) is 10.3 Å². The van der Waals surface area contributed by atoms with Crippen LogP contribution in [-0.4, -0.2) is 60.7 Å². The maximum atomic E-state index is 14.1. The van der Waals surface area contributed by atoms with Gasteiger partial charge in [-0.05, 0) is 74.2 Å². The summed E-state index contributed by atoms with van der Waals surface area (Å²) in [6.45, 7) is 4.44. The molecule has 1 unspecified atom stereocenters. The zero-order valence-corrected chi connectivity index (χ0v) is 22.3. The number of esters is 1. The monoisotopic (exact) mass is 537 g/mol. The van der Waals surface area contributed by atoms with Crippen molar-refractivity contribution >= 4 is 21.8 Å². The van der Waals surface area contributed by atoms with Gasteiger partial charge in [0.25, 0.3) is 0 Å². The number of ketones is 1. The highest BCUT2D eigenvalue weighted by Gasteiger charge is 2.58. The Hall–Kier alpha value is -3.43. The van der Waals surface area contributed by atoms with Crippen LogP contribution in [0.2, 0.25) is 0 Å². The Labute approximate surface area is 222 Å². The van der Waals surface area contributed by atoms with Crippen LogP contribution in [0.3, 0.4) is 0 Å². The van der Waals surface area contributed by atoms with E-state index < -0.39 is 33.4 Å². The first kappa shape index (κ1) is 27.6. The summed E-state index contributed by atoms with van der Waals surface area (Å²) in [6.07, 6.45) is 3.71. The number of carbonyl (C=O) groups excluding carboxylic acids is 2. The summed E-state index contributed by atoms with van der Waals surface area (Å²) in [4.78, 5) is 31.6. The molecule has 3 N–H and O–H groups in total. The van der Waals surface area contributed by atoms with Crippen molar-refractivity contribution in [2.45, 2.75) is 56.1 Å². The molecule has 0 amide bonds. The average molecular weight is 538 g/mol. The molecule has 4 rings (SSSR count). The molecule has 0 fully saturated rings. The average Bonchev–Trinajstić information content (AvgIpc) is 2.92. The van der Waals surface area contributed by atoms with Crippen molar-refractivity contribution in [2.75, 3.05) is 19.7 Å². The third-order valence-electron chi connectivity index (χ3n) is 6.97. The highest BCUT2D eigenvalue weighted by atomic mass is 32.2. The molecule has 0 bridgehead atoms. The molecule has 0 saturated heterocycles. The molecule has 0 spiro atoms. The highest BCUT2D eigenvalue weighted by Crippen LogP contribution is 2.37. The molecular formula is C27H31N5O5S. The van der Waals surface area contributed by atoms with E-state index >= 15 is 0 Å². The van der Waals surface area contributed by atoms with E-state index in [0.717, 1.165) is 28.4 Å². The van der Waals surface area contributed by atoms with Gasteiger partial charge in [0.2, 0.25) is 10.0 Å². The molecule has 2 aliphatic heterocycles. The van der Waals surface area contributed by atoms with Gasteiger partial charge in [-0.2, -0.15) is 9.57 Å². The first-order valence-electron chi connectivity index (χ1n) is 12.5. The SMILES string of the molecule is CCOC(=O)[C@]1(C(=O)C(N)Cc2ccnc(C#N)c2)CC(C)=CCN1S(=O)(=O)c1ccc2c(c1)CNCC2. The molecule has 11 heteroatoms. The van der Waals surface area contributed by atoms with Crippen molar-refractivity contribution in [1.82, 2.24) is 14.6 Å². The summed E-state index contributed by atoms with van der Waals surface area (Å²) in [6, 6.07) is 8.72. The topological polar surface area (TPSA) is 155 Å². The van der Waals surface area contributed by atoms with Gasteiger partial charge < -0.3 is 15.8 Å². The number of carbonyl (C=O) groups is 2. The van der Waals surface area contributed by atoms with Gasteiger partial charge >= 0.3 is 5.97 Å². The fourth-order valence-corrected chi connectivity index (χ4v) is 6.75. The van der Waals surface area contributed by atoms with E-state index in [-0.39, 0.29) is 36.6 Å². The second-order valence-corrected chi connectivity index (χ2v) is 11.4. The van der Waals surface area contributed by atoms with E-state index in [9.17, 15) is 18.0 Å². The van der Waals surface area contributed by atoms with Crippen molar-refractivity contribution in [2.24, 2.45) is 5.73 Å². The normalized spacial score (nSPS) is 20.5. The van der Waals surface area contributed by atoms with E-state index in [1.54, 1.807) is 38.1 Å². The van der Waals surface area contributed by atoms with E-state index in [4.69, 9.17) is 15.7 Å². The van der Waals surface area contributed by atoms with E-state index in [0.29, 0.717) is 17.7 Å². The van der Waals surface area contributed by atoms with E-state index in [1.807, 2.05) is 6.07 Å². The molecule has 2 aromatic rings. The number of nitrogens with two attached hydrogens (primary N) is 1. The lowest BCUT2D eigenvalue weighted by Crippen LogP contribution is -2.67. The first-order chi connectivity index (χ1) is 18.1. The Morgan fingerprint density at radius 2 is 2.08 bits per heavy atom. The molecule has 0 aliphatic carbocycles. The van der Waals surface area contributed by atoms with Crippen LogP contribution in [0.4, 0.5) is 0 Å². The van der Waals surface area contributed by atoms with Gasteiger partial charge in [0, 0.05) is 25.7 Å². The predicted molar refractivity (Wildman–Crippen MR) is 139 cm³/mol. The minimum absolute atomic E-state index is 0.00394. The second-order valence-electron chi connectivity index (χ2n) is 9.54. The molecule has 10 nitrogen and oxygen atoms in total. The number of aromatic nitrogens is 1. The Morgan fingerprint density at radius 1 is 1.29 bits per heavy atom. The number of fused-ring (bicyclic) bond motifs is 1. The summed E-state index contributed by atoms with van der Waals surface area (Å²) >= 11 is 0. The first-order valence-corrected chi connectivity index (χ1v) is 13.9. The van der Waals surface area contributed by atoms with Crippen molar-refractivity contribution < 1.29 is 22.7 Å². The van der Waals surface area contributed by atoms with Gasteiger partial charge in [0.15, 0.2) is 11.3 Å². The zero-order valence-electron chi connectivity index (χ0n) is 21.4. The molecule has 2 aliphatic rings. The number of Topliss-reactive ketones (excluding diaryl/α,β-unsaturated/α-hetero) is 1. The van der Waals surface area contributed by atoms with Crippen LogP contribution < -0.4 is 11.1 Å². The quantitative estimate of drug-likeness (QED) is 0.289. The molecule has 200 valence electrons. The highest BCUT2D eigenvalue weighted by molar-refractivity contribution is 7.89. The Balaban J connectivity index is 1.79. The second kappa shape index (κ2) is 11.1. The summed E-state index contributed by atoms with van der Waals surface area (Å²) in [5.41, 5.74) is 7.50. The minimum atomic E-state index is -4.32. The zero-order chi connectivity index (χ0) is 27.5. The van der Waals surface area contributed by atoms with Crippen molar-refractivity contribution in [3.05, 3.63) is 70.6 Å². The van der Waals surface area contributed by atoms with Crippen molar-refractivity contribution in [3.63, 3.8) is 0 Å². The molecule has 0 saturated carbocycles. The number of rotatable bonds is 8. The number of hydrogen-bond donors (Lipinski definition) is 2. The number of sulfonamides is 1. The fraction of sp³-hybridized carbons (Fsp3) is 0.407. The van der Waals surface area contributed by atoms with Gasteiger partial charge in [-0.1, -0.05) is 17.7 Å². The van der Waals surface area contributed by atoms with Crippen molar-refractivity contribution in [3.8, 4) is 6.07 Å². The van der Waals surface area contributed by atoms with Gasteiger partial charge in [-0.25, -0.2) is 18.2 Å². The van der Waals surface area contributed by atoms with Crippen LogP contribution in [-0.2, 0) is 43.7 Å². The summed E-state index contributed by atoms with van der Waals surface area (Å²) in [5.74, 6) is -1.72. The largest absolute Gasteiger partial charge is 0.464 e. The number of nitrogens with zero attached hydrogens (tertiary/aromatic N) is 3. The predicted octanol–water partition coefficient (Wildman–Crippen LogP) is 1.38. The van der Waals surface area contributed by atoms with Crippen molar-refractivity contribution in [1.29, 1.82) is 5.26 Å². The number of hydrogen-bond acceptors (Lipinski definition) is 9. The fourth-order valence-electron chi connectivity index (χ4n) is 5.06. The Morgan fingerprint density at radius 3 is 2.82 bits per heavy atom. The lowest BCUT2D eigenvalue weighted by atomic mass is 9.80. The summed E-state index contributed by atoms with van der Waals surface area (Å²) in [5, 5.41) is 12.4. The summed E-state index contributed by atoms with van der Waals surface area (Å²) < 4.78 is 34.5. The van der Waals surface area contributed by atoms with Crippen LogP contribution in [0.5, 0.6) is 0 Å². The molecule has 38 heavy (non-hydrogen) atoms. The number of nitrogens with one attached hydrogen (secondary N) is 1. The standard InChI is InChI=1S/C27H31N5O5S/c1-3-37-26(34)27(25(33)24(29)13-19-6-10-31-22(12-19)16-28)15-18(2)8-11-32(27)38(35,36)23-5-4-20-7-9-30-17-21(20)14-23/h4-6,8,10,12,14,24,30H,3,7,9,11,13,15,17,29H2,1-2H3/t24?,27-/m1/s1. The smallest absolute Gasteiger partial charge is 0.335 e. The van der Waals surface area contributed by atoms with Crippen LogP contribution in [0, 0.1) is 11.3 Å². The van der Waals surface area contributed by atoms with Gasteiger partial charge in [0.1, 0.15) is 11.8 Å². The molecular weight excluding hydrogens is 506 g/mol. The number of benzene rings is 1. The third kappa shape index (κ3) is 5.13. The maximum Gasteiger partial charge on any atom is 0.335 e. The van der Waals surface area contributed by atoms with Crippen LogP contribution in [0.1, 0.15) is 42.7 Å². The summed E-state index contributed by atoms with van der Waals surface area (Å²) in [7, 11) is -4.32. The lowest BCUT2D eigenvalue weighted by Gasteiger charge is -2.43.